The molecule has 27 heavy (non-hydrogen) atoms. The first-order valence-electron chi connectivity index (χ1n) is 8.25. The number of halogens is 3. The van der Waals surface area contributed by atoms with Crippen LogP contribution < -0.4 is 4.90 Å². The second-order valence-electron chi connectivity index (χ2n) is 6.35. The van der Waals surface area contributed by atoms with E-state index in [0.717, 1.165) is 26.3 Å². The maximum Gasteiger partial charge on any atom is 0.404 e. The highest BCUT2D eigenvalue weighted by Crippen LogP contribution is 2.32. The third-order valence-electron chi connectivity index (χ3n) is 4.59. The molecule has 1 aliphatic heterocycles. The van der Waals surface area contributed by atoms with Gasteiger partial charge in [0.15, 0.2) is 11.4 Å². The van der Waals surface area contributed by atoms with Crippen molar-refractivity contribution < 1.29 is 21.6 Å². The van der Waals surface area contributed by atoms with E-state index < -0.39 is 22.0 Å². The highest BCUT2D eigenvalue weighted by molar-refractivity contribution is 7.89. The molecule has 0 unspecified atom stereocenters. The number of H-pyrrole nitrogens is 1. The molecule has 4 rings (SSSR count). The normalized spacial score (nSPS) is 17.1. The largest absolute Gasteiger partial charge is 0.404 e. The Morgan fingerprint density at radius 3 is 2.56 bits per heavy atom. The van der Waals surface area contributed by atoms with Gasteiger partial charge < -0.3 is 9.88 Å². The average molecular weight is 399 g/mol. The summed E-state index contributed by atoms with van der Waals surface area (Å²) in [5.41, 5.74) is 2.28. The third-order valence-corrected chi connectivity index (χ3v) is 6.43. The number of piperazine rings is 1. The first-order valence-corrected chi connectivity index (χ1v) is 9.86. The zero-order valence-electron chi connectivity index (χ0n) is 14.1. The zero-order chi connectivity index (χ0) is 19.2. The van der Waals surface area contributed by atoms with Crippen molar-refractivity contribution in [3.05, 3.63) is 30.7 Å². The Hall–Kier alpha value is -2.40. The van der Waals surface area contributed by atoms with E-state index in [0.29, 0.717) is 18.7 Å². The Labute approximate surface area is 152 Å². The van der Waals surface area contributed by atoms with Crippen LogP contribution in [0.1, 0.15) is 0 Å². The van der Waals surface area contributed by atoms with Gasteiger partial charge in [0.2, 0.25) is 10.0 Å². The van der Waals surface area contributed by atoms with E-state index in [1.165, 1.54) is 0 Å². The second-order valence-corrected chi connectivity index (χ2v) is 8.32. The number of sulfonamides is 1. The molecule has 4 heterocycles. The molecule has 0 bridgehead atoms. The van der Waals surface area contributed by atoms with Crippen LogP contribution in [0.15, 0.2) is 30.7 Å². The summed E-state index contributed by atoms with van der Waals surface area (Å²) < 4.78 is 62.4. The highest BCUT2D eigenvalue weighted by Gasteiger charge is 2.39. The molecule has 3 aromatic rings. The van der Waals surface area contributed by atoms with E-state index >= 15 is 0 Å². The summed E-state index contributed by atoms with van der Waals surface area (Å²) in [6.07, 6.45) is 0.354. The number of aromatic amines is 1. The second kappa shape index (κ2) is 6.34. The standard InChI is InChI=1S/C16H16F3N5O2S/c17-16(18,19)10-27(25,26)24-7-5-23(6-8-24)13-2-4-20-12-9-22-15-11(14(12)13)1-3-21-15/h1-4,9,20H,5-8,10H2. The molecule has 3 aromatic heterocycles. The van der Waals surface area contributed by atoms with Crippen molar-refractivity contribution in [1.82, 2.24) is 19.3 Å². The molecule has 0 aromatic carbocycles. The van der Waals surface area contributed by atoms with Crippen LogP contribution >= 0.6 is 0 Å². The van der Waals surface area contributed by atoms with Gasteiger partial charge in [-0.2, -0.15) is 17.5 Å². The van der Waals surface area contributed by atoms with Crippen molar-refractivity contribution in [2.45, 2.75) is 6.18 Å². The number of nitrogens with zero attached hydrogens (tertiary/aromatic N) is 4. The lowest BCUT2D eigenvalue weighted by Gasteiger charge is -2.36. The highest BCUT2D eigenvalue weighted by atomic mass is 32.2. The smallest absolute Gasteiger partial charge is 0.368 e. The van der Waals surface area contributed by atoms with Crippen molar-refractivity contribution in [3.63, 3.8) is 0 Å². The molecule has 0 amide bonds. The van der Waals surface area contributed by atoms with Crippen molar-refractivity contribution in [2.75, 3.05) is 36.8 Å². The maximum absolute atomic E-state index is 12.5. The first-order chi connectivity index (χ1) is 12.7. The van der Waals surface area contributed by atoms with Gasteiger partial charge in [0.1, 0.15) is 0 Å². The van der Waals surface area contributed by atoms with Crippen molar-refractivity contribution in [3.8, 4) is 0 Å². The van der Waals surface area contributed by atoms with Crippen LogP contribution in [0.2, 0.25) is 0 Å². The van der Waals surface area contributed by atoms with E-state index in [-0.39, 0.29) is 13.1 Å². The van der Waals surface area contributed by atoms with E-state index in [1.54, 1.807) is 18.6 Å². The van der Waals surface area contributed by atoms with E-state index in [9.17, 15) is 21.6 Å². The van der Waals surface area contributed by atoms with Gasteiger partial charge >= 0.3 is 6.18 Å². The molecule has 1 fully saturated rings. The summed E-state index contributed by atoms with van der Waals surface area (Å²) in [5, 5.41) is 1.78. The number of nitrogens with one attached hydrogen (secondary N) is 1. The minimum Gasteiger partial charge on any atom is -0.368 e. The molecule has 1 N–H and O–H groups in total. The molecule has 0 radical (unpaired) electrons. The lowest BCUT2D eigenvalue weighted by Crippen LogP contribution is -2.50. The van der Waals surface area contributed by atoms with Gasteiger partial charge in [0.05, 0.1) is 11.7 Å². The van der Waals surface area contributed by atoms with E-state index in [1.807, 2.05) is 17.0 Å². The van der Waals surface area contributed by atoms with Crippen molar-refractivity contribution >= 4 is 37.6 Å². The SMILES string of the molecule is O=S(=O)(CC(F)(F)F)N1CCN(c2cc[nH]c3cnc4nccc4c23)CC1. The maximum atomic E-state index is 12.5. The lowest BCUT2D eigenvalue weighted by molar-refractivity contribution is -0.107. The van der Waals surface area contributed by atoms with Gasteiger partial charge in [-0.15, -0.1) is 0 Å². The molecule has 7 nitrogen and oxygen atoms in total. The predicted molar refractivity (Wildman–Crippen MR) is 95.0 cm³/mol. The lowest BCUT2D eigenvalue weighted by atomic mass is 10.1. The van der Waals surface area contributed by atoms with Crippen LogP contribution in [0.25, 0.3) is 21.9 Å². The number of hydrogen-bond donors (Lipinski definition) is 1. The van der Waals surface area contributed by atoms with Crippen LogP contribution in [0.4, 0.5) is 18.9 Å². The number of fused-ring (bicyclic) bond motifs is 3. The van der Waals surface area contributed by atoms with Crippen LogP contribution in [0, 0.1) is 0 Å². The third kappa shape index (κ3) is 3.44. The number of pyridine rings is 2. The molecule has 0 aliphatic carbocycles. The van der Waals surface area contributed by atoms with Crippen molar-refractivity contribution in [1.29, 1.82) is 0 Å². The summed E-state index contributed by atoms with van der Waals surface area (Å²) in [6.45, 7) is 0.611. The molecule has 0 saturated carbocycles. The first kappa shape index (κ1) is 18.0. The monoisotopic (exact) mass is 399 g/mol. The number of aromatic nitrogens is 3. The quantitative estimate of drug-likeness (QED) is 0.730. The average Bonchev–Trinajstić information content (AvgIpc) is 3.08. The number of anilines is 1. The summed E-state index contributed by atoms with van der Waals surface area (Å²) in [6, 6.07) is 3.72. The van der Waals surface area contributed by atoms with E-state index in [2.05, 4.69) is 15.0 Å². The Bertz CT molecular complexity index is 1090. The molecule has 0 spiro atoms. The van der Waals surface area contributed by atoms with Gasteiger partial charge in [-0.25, -0.2) is 18.4 Å². The molecule has 0 atom stereocenters. The van der Waals surface area contributed by atoms with Crippen LogP contribution in [-0.4, -0.2) is 65.8 Å². The minimum atomic E-state index is -4.75. The van der Waals surface area contributed by atoms with Crippen LogP contribution in [-0.2, 0) is 10.0 Å². The fourth-order valence-electron chi connectivity index (χ4n) is 3.41. The van der Waals surface area contributed by atoms with Gasteiger partial charge in [-0.05, 0) is 12.1 Å². The molecule has 1 aliphatic rings. The molecule has 1 saturated heterocycles. The molecule has 144 valence electrons. The Kier molecular flexibility index (Phi) is 4.22. The van der Waals surface area contributed by atoms with Gasteiger partial charge in [0.25, 0.3) is 0 Å². The number of hydrogen-bond acceptors (Lipinski definition) is 5. The van der Waals surface area contributed by atoms with Crippen LogP contribution in [0.5, 0.6) is 0 Å². The van der Waals surface area contributed by atoms with Gasteiger partial charge in [-0.1, -0.05) is 0 Å². The zero-order valence-corrected chi connectivity index (χ0v) is 14.9. The topological polar surface area (TPSA) is 82.2 Å². The molecular weight excluding hydrogens is 383 g/mol. The van der Waals surface area contributed by atoms with Crippen molar-refractivity contribution in [2.24, 2.45) is 0 Å². The predicted octanol–water partition coefficient (Wildman–Crippen LogP) is 2.13. The number of rotatable bonds is 3. The minimum absolute atomic E-state index is 0.00596. The Balaban J connectivity index is 1.61. The van der Waals surface area contributed by atoms with Crippen LogP contribution in [0.3, 0.4) is 0 Å². The fourth-order valence-corrected chi connectivity index (χ4v) is 4.72. The van der Waals surface area contributed by atoms with Gasteiger partial charge in [-0.3, -0.25) is 0 Å². The summed E-state index contributed by atoms with van der Waals surface area (Å²) in [4.78, 5) is 13.6. The van der Waals surface area contributed by atoms with Gasteiger partial charge in [0, 0.05) is 55.0 Å². The van der Waals surface area contributed by atoms with E-state index in [4.69, 9.17) is 0 Å². The fraction of sp³-hybridized carbons (Fsp3) is 0.375. The molecule has 11 heteroatoms. The summed E-state index contributed by atoms with van der Waals surface area (Å²) >= 11 is 0. The Morgan fingerprint density at radius 2 is 1.85 bits per heavy atom. The number of alkyl halides is 3. The molecular formula is C16H16F3N5O2S. The Morgan fingerprint density at radius 1 is 1.11 bits per heavy atom. The summed E-state index contributed by atoms with van der Waals surface area (Å²) in [7, 11) is -4.36. The summed E-state index contributed by atoms with van der Waals surface area (Å²) in [5.74, 6) is -1.82.